The van der Waals surface area contributed by atoms with Crippen LogP contribution in [0.4, 0.5) is 0 Å². The van der Waals surface area contributed by atoms with E-state index in [9.17, 15) is 4.79 Å². The van der Waals surface area contributed by atoms with Gasteiger partial charge in [-0.25, -0.2) is 0 Å². The largest absolute Gasteiger partial charge is 0.497 e. The van der Waals surface area contributed by atoms with E-state index in [0.717, 1.165) is 36.7 Å². The predicted molar refractivity (Wildman–Crippen MR) is 94.2 cm³/mol. The third-order valence-electron chi connectivity index (χ3n) is 3.79. The highest BCUT2D eigenvalue weighted by Gasteiger charge is 2.22. The minimum Gasteiger partial charge on any atom is -0.497 e. The van der Waals surface area contributed by atoms with Crippen molar-refractivity contribution < 1.29 is 9.53 Å². The van der Waals surface area contributed by atoms with E-state index in [2.05, 4.69) is 5.32 Å². The molecule has 0 radical (unpaired) electrons. The van der Waals surface area contributed by atoms with E-state index in [1.165, 1.54) is 6.42 Å². The minimum absolute atomic E-state index is 0. The van der Waals surface area contributed by atoms with Gasteiger partial charge in [-0.3, -0.25) is 4.79 Å². The second-order valence-corrected chi connectivity index (χ2v) is 6.42. The number of amides is 1. The van der Waals surface area contributed by atoms with Gasteiger partial charge >= 0.3 is 0 Å². The first kappa shape index (κ1) is 19.1. The first-order chi connectivity index (χ1) is 10.2. The van der Waals surface area contributed by atoms with Crippen molar-refractivity contribution in [1.82, 2.24) is 10.2 Å². The molecule has 1 unspecified atom stereocenters. The summed E-state index contributed by atoms with van der Waals surface area (Å²) < 4.78 is 5.13. The monoisotopic (exact) mass is 344 g/mol. The Kier molecular flexibility index (Phi) is 8.68. The highest BCUT2D eigenvalue weighted by molar-refractivity contribution is 8.00. The lowest BCUT2D eigenvalue weighted by Crippen LogP contribution is -2.43. The summed E-state index contributed by atoms with van der Waals surface area (Å²) in [5.74, 6) is 2.20. The Labute approximate surface area is 143 Å². The molecule has 22 heavy (non-hydrogen) atoms. The van der Waals surface area contributed by atoms with Gasteiger partial charge < -0.3 is 15.0 Å². The first-order valence-corrected chi connectivity index (χ1v) is 8.40. The number of piperidine rings is 1. The molecular formula is C16H25ClN2O2S. The number of hydrogen-bond acceptors (Lipinski definition) is 4. The third kappa shape index (κ3) is 5.71. The number of rotatable bonds is 6. The highest BCUT2D eigenvalue weighted by Crippen LogP contribution is 2.23. The maximum absolute atomic E-state index is 12.3. The van der Waals surface area contributed by atoms with Crippen molar-refractivity contribution in [3.8, 4) is 5.75 Å². The SMILES string of the molecule is CNCC1CCCN(C(=O)CSc2ccc(OC)cc2)C1.Cl. The Hall–Kier alpha value is -0.910. The van der Waals surface area contributed by atoms with Crippen LogP contribution in [0.5, 0.6) is 5.75 Å². The van der Waals surface area contributed by atoms with Crippen LogP contribution in [0.3, 0.4) is 0 Å². The molecule has 2 rings (SSSR count). The smallest absolute Gasteiger partial charge is 0.232 e. The zero-order valence-corrected chi connectivity index (χ0v) is 14.8. The van der Waals surface area contributed by atoms with Gasteiger partial charge in [-0.1, -0.05) is 0 Å². The first-order valence-electron chi connectivity index (χ1n) is 7.42. The van der Waals surface area contributed by atoms with E-state index in [1.54, 1.807) is 18.9 Å². The van der Waals surface area contributed by atoms with Crippen LogP contribution in [0, 0.1) is 5.92 Å². The summed E-state index contributed by atoms with van der Waals surface area (Å²) in [7, 11) is 3.63. The molecule has 0 bridgehead atoms. The van der Waals surface area contributed by atoms with Crippen molar-refractivity contribution in [1.29, 1.82) is 0 Å². The molecule has 0 aliphatic carbocycles. The van der Waals surface area contributed by atoms with Crippen LogP contribution in [-0.2, 0) is 4.79 Å². The Morgan fingerprint density at radius 2 is 2.14 bits per heavy atom. The van der Waals surface area contributed by atoms with Gasteiger partial charge in [0, 0.05) is 18.0 Å². The molecule has 1 aliphatic heterocycles. The van der Waals surface area contributed by atoms with Crippen LogP contribution in [0.15, 0.2) is 29.2 Å². The summed E-state index contributed by atoms with van der Waals surface area (Å²) in [6, 6.07) is 7.85. The van der Waals surface area contributed by atoms with Gasteiger partial charge in [0.25, 0.3) is 0 Å². The fourth-order valence-electron chi connectivity index (χ4n) is 2.66. The van der Waals surface area contributed by atoms with Crippen LogP contribution in [0.25, 0.3) is 0 Å². The average molecular weight is 345 g/mol. The number of benzene rings is 1. The van der Waals surface area contributed by atoms with Crippen molar-refractivity contribution >= 4 is 30.1 Å². The molecular weight excluding hydrogens is 320 g/mol. The summed E-state index contributed by atoms with van der Waals surface area (Å²) in [6.45, 7) is 2.79. The molecule has 0 saturated carbocycles. The van der Waals surface area contributed by atoms with Crippen LogP contribution in [-0.4, -0.2) is 50.4 Å². The summed E-state index contributed by atoms with van der Waals surface area (Å²) >= 11 is 1.59. The number of ether oxygens (including phenoxy) is 1. The topological polar surface area (TPSA) is 41.6 Å². The van der Waals surface area contributed by atoms with Gasteiger partial charge in [-0.05, 0) is 56.6 Å². The maximum Gasteiger partial charge on any atom is 0.232 e. The average Bonchev–Trinajstić information content (AvgIpc) is 2.53. The second kappa shape index (κ2) is 9.98. The molecule has 0 aromatic heterocycles. The standard InChI is InChI=1S/C16H24N2O2S.ClH/c1-17-10-13-4-3-9-18(11-13)16(19)12-21-15-7-5-14(20-2)6-8-15;/h5-8,13,17H,3-4,9-12H2,1-2H3;1H. The van der Waals surface area contributed by atoms with E-state index in [4.69, 9.17) is 4.74 Å². The summed E-state index contributed by atoms with van der Waals surface area (Å²) in [6.07, 6.45) is 2.33. The molecule has 6 heteroatoms. The lowest BCUT2D eigenvalue weighted by Gasteiger charge is -2.32. The van der Waals surface area contributed by atoms with Crippen LogP contribution >= 0.6 is 24.2 Å². The molecule has 1 aromatic carbocycles. The van der Waals surface area contributed by atoms with Crippen LogP contribution in [0.2, 0.25) is 0 Å². The second-order valence-electron chi connectivity index (χ2n) is 5.37. The van der Waals surface area contributed by atoms with E-state index in [-0.39, 0.29) is 18.3 Å². The molecule has 1 N–H and O–H groups in total. The summed E-state index contributed by atoms with van der Waals surface area (Å²) in [5, 5.41) is 3.21. The number of methoxy groups -OCH3 is 1. The number of carbonyl (C=O) groups excluding carboxylic acids is 1. The number of nitrogens with one attached hydrogen (secondary N) is 1. The Balaban J connectivity index is 0.00000242. The summed E-state index contributed by atoms with van der Waals surface area (Å²) in [5.41, 5.74) is 0. The van der Waals surface area contributed by atoms with E-state index >= 15 is 0 Å². The van der Waals surface area contributed by atoms with Crippen molar-refractivity contribution in [2.75, 3.05) is 39.5 Å². The number of hydrogen-bond donors (Lipinski definition) is 1. The lowest BCUT2D eigenvalue weighted by atomic mass is 9.98. The molecule has 1 aliphatic rings. The lowest BCUT2D eigenvalue weighted by molar-refractivity contribution is -0.130. The molecule has 4 nitrogen and oxygen atoms in total. The molecule has 0 spiro atoms. The Morgan fingerprint density at radius 3 is 2.77 bits per heavy atom. The normalized spacial score (nSPS) is 17.7. The molecule has 1 saturated heterocycles. The van der Waals surface area contributed by atoms with Crippen LogP contribution in [0.1, 0.15) is 12.8 Å². The zero-order valence-electron chi connectivity index (χ0n) is 13.2. The number of thioether (sulfide) groups is 1. The van der Waals surface area contributed by atoms with Crippen LogP contribution < -0.4 is 10.1 Å². The van der Waals surface area contributed by atoms with Crippen molar-refractivity contribution in [3.63, 3.8) is 0 Å². The van der Waals surface area contributed by atoms with Crippen molar-refractivity contribution in [3.05, 3.63) is 24.3 Å². The van der Waals surface area contributed by atoms with E-state index in [1.807, 2.05) is 36.2 Å². The van der Waals surface area contributed by atoms with Gasteiger partial charge in [0.2, 0.25) is 5.91 Å². The Bertz CT molecular complexity index is 454. The van der Waals surface area contributed by atoms with E-state index < -0.39 is 0 Å². The van der Waals surface area contributed by atoms with Crippen molar-refractivity contribution in [2.24, 2.45) is 5.92 Å². The van der Waals surface area contributed by atoms with Gasteiger partial charge in [-0.2, -0.15) is 0 Å². The zero-order chi connectivity index (χ0) is 15.1. The summed E-state index contributed by atoms with van der Waals surface area (Å²) in [4.78, 5) is 15.4. The Morgan fingerprint density at radius 1 is 1.41 bits per heavy atom. The van der Waals surface area contributed by atoms with E-state index in [0.29, 0.717) is 11.7 Å². The molecule has 1 aromatic rings. The maximum atomic E-state index is 12.3. The van der Waals surface area contributed by atoms with Crippen molar-refractivity contribution in [2.45, 2.75) is 17.7 Å². The molecule has 1 amide bonds. The number of likely N-dealkylation sites (tertiary alicyclic amines) is 1. The fraction of sp³-hybridized carbons (Fsp3) is 0.562. The number of nitrogens with zero attached hydrogens (tertiary/aromatic N) is 1. The fourth-order valence-corrected chi connectivity index (χ4v) is 3.46. The van der Waals surface area contributed by atoms with Gasteiger partial charge in [0.1, 0.15) is 5.75 Å². The molecule has 124 valence electrons. The molecule has 1 atom stereocenters. The molecule has 1 heterocycles. The quantitative estimate of drug-likeness (QED) is 0.806. The molecule has 1 fully saturated rings. The number of carbonyl (C=O) groups is 1. The van der Waals surface area contributed by atoms with Gasteiger partial charge in [0.15, 0.2) is 0 Å². The third-order valence-corrected chi connectivity index (χ3v) is 4.78. The minimum atomic E-state index is 0. The highest BCUT2D eigenvalue weighted by atomic mass is 35.5. The predicted octanol–water partition coefficient (Wildman–Crippen LogP) is 2.67. The van der Waals surface area contributed by atoms with Gasteiger partial charge in [0.05, 0.1) is 12.9 Å². The van der Waals surface area contributed by atoms with Gasteiger partial charge in [-0.15, -0.1) is 24.2 Å². The number of halogens is 1.